The van der Waals surface area contributed by atoms with E-state index in [1.165, 1.54) is 0 Å². The van der Waals surface area contributed by atoms with Crippen molar-refractivity contribution in [3.63, 3.8) is 0 Å². The molecule has 42 heavy (non-hydrogen) atoms. The van der Waals surface area contributed by atoms with Gasteiger partial charge in [-0.05, 0) is 26.8 Å². The Labute approximate surface area is 246 Å². The van der Waals surface area contributed by atoms with Gasteiger partial charge in [-0.25, -0.2) is 4.98 Å². The second-order valence-corrected chi connectivity index (χ2v) is 9.72. The number of nitrogens with zero attached hydrogens (tertiary/aromatic N) is 5. The lowest BCUT2D eigenvalue weighted by Crippen LogP contribution is -2.47. The van der Waals surface area contributed by atoms with E-state index >= 15 is 0 Å². The lowest BCUT2D eigenvalue weighted by molar-refractivity contribution is 0.273. The number of methoxy groups -OCH3 is 3. The van der Waals surface area contributed by atoms with Gasteiger partial charge in [0, 0.05) is 74.1 Å². The van der Waals surface area contributed by atoms with Gasteiger partial charge >= 0.3 is 0 Å². The zero-order valence-electron chi connectivity index (χ0n) is 25.1. The first-order valence-corrected chi connectivity index (χ1v) is 14.1. The zero-order valence-corrected chi connectivity index (χ0v) is 25.1. The molecule has 1 fully saturated rings. The summed E-state index contributed by atoms with van der Waals surface area (Å²) < 4.78 is 28.6. The van der Waals surface area contributed by atoms with Gasteiger partial charge in [0.1, 0.15) is 17.3 Å². The first-order valence-electron chi connectivity index (χ1n) is 14.1. The summed E-state index contributed by atoms with van der Waals surface area (Å²) in [5.41, 5.74) is 3.51. The summed E-state index contributed by atoms with van der Waals surface area (Å²) >= 11 is 0. The molecule has 2 aromatic heterocycles. The highest BCUT2D eigenvalue weighted by Gasteiger charge is 2.25. The van der Waals surface area contributed by atoms with Crippen molar-refractivity contribution in [2.45, 2.75) is 20.8 Å². The van der Waals surface area contributed by atoms with Gasteiger partial charge in [0.05, 0.1) is 51.1 Å². The largest absolute Gasteiger partial charge is 0.497 e. The number of pyridine rings is 1. The van der Waals surface area contributed by atoms with Crippen LogP contribution in [0.4, 0.5) is 23.1 Å². The van der Waals surface area contributed by atoms with Crippen molar-refractivity contribution in [3.05, 3.63) is 48.3 Å². The summed E-state index contributed by atoms with van der Waals surface area (Å²) in [6.45, 7) is 10.0. The normalized spacial score (nSPS) is 13.2. The van der Waals surface area contributed by atoms with E-state index in [2.05, 4.69) is 25.1 Å². The smallest absolute Gasteiger partial charge is 0.229 e. The van der Waals surface area contributed by atoms with Gasteiger partial charge in [-0.2, -0.15) is 4.98 Å². The standard InChI is InChI=1S/C31H38N6O5/c1-7-41-26-19-24-28(30(40-6)29(26)42-8-2)25(9-10-32-24)36-11-13-37(14-12-36)27-15-20(3)33-31(35-27)34-21-16-22(38-4)18-23(17-21)39-5/h9-10,15-19H,7-8,11-14H2,1-6H3,(H,33,34,35). The van der Waals surface area contributed by atoms with E-state index in [1.54, 1.807) is 21.3 Å². The number of rotatable bonds is 11. The highest BCUT2D eigenvalue weighted by Crippen LogP contribution is 2.46. The summed E-state index contributed by atoms with van der Waals surface area (Å²) in [5.74, 6) is 4.63. The molecule has 11 nitrogen and oxygen atoms in total. The van der Waals surface area contributed by atoms with E-state index in [0.717, 1.165) is 60.0 Å². The van der Waals surface area contributed by atoms with Crippen molar-refractivity contribution in [2.24, 2.45) is 0 Å². The fraction of sp³-hybridized carbons (Fsp3) is 0.387. The molecule has 0 bridgehead atoms. The third-order valence-corrected chi connectivity index (χ3v) is 7.07. The summed E-state index contributed by atoms with van der Waals surface area (Å²) in [7, 11) is 4.91. The molecule has 2 aromatic carbocycles. The topological polar surface area (TPSA) is 103 Å². The van der Waals surface area contributed by atoms with E-state index < -0.39 is 0 Å². The number of benzene rings is 2. The van der Waals surface area contributed by atoms with Crippen molar-refractivity contribution in [1.82, 2.24) is 15.0 Å². The number of nitrogens with one attached hydrogen (secondary N) is 1. The van der Waals surface area contributed by atoms with E-state index in [4.69, 9.17) is 28.7 Å². The number of ether oxygens (including phenoxy) is 5. The van der Waals surface area contributed by atoms with Crippen LogP contribution in [0.15, 0.2) is 42.6 Å². The Morgan fingerprint density at radius 3 is 2.12 bits per heavy atom. The van der Waals surface area contributed by atoms with E-state index in [-0.39, 0.29) is 0 Å². The monoisotopic (exact) mass is 574 g/mol. The third kappa shape index (κ3) is 6.00. The molecular formula is C31H38N6O5. The van der Waals surface area contributed by atoms with Gasteiger partial charge in [-0.15, -0.1) is 0 Å². The number of aromatic nitrogens is 3. The zero-order chi connectivity index (χ0) is 29.6. The molecule has 0 radical (unpaired) electrons. The summed E-state index contributed by atoms with van der Waals surface area (Å²) in [6, 6.07) is 11.6. The quantitative estimate of drug-likeness (QED) is 0.255. The first kappa shape index (κ1) is 28.8. The fourth-order valence-electron chi connectivity index (χ4n) is 5.18. The van der Waals surface area contributed by atoms with Crippen molar-refractivity contribution in [3.8, 4) is 28.7 Å². The summed E-state index contributed by atoms with van der Waals surface area (Å²) in [4.78, 5) is 18.7. The lowest BCUT2D eigenvalue weighted by Gasteiger charge is -2.37. The highest BCUT2D eigenvalue weighted by molar-refractivity contribution is 6.00. The number of hydrogen-bond donors (Lipinski definition) is 1. The molecule has 1 aliphatic rings. The second kappa shape index (κ2) is 12.9. The molecule has 0 unspecified atom stereocenters. The molecule has 1 N–H and O–H groups in total. The Morgan fingerprint density at radius 1 is 0.786 bits per heavy atom. The van der Waals surface area contributed by atoms with Gasteiger partial charge in [-0.3, -0.25) is 4.98 Å². The molecule has 5 rings (SSSR count). The van der Waals surface area contributed by atoms with Crippen LogP contribution in [0, 0.1) is 6.92 Å². The molecule has 0 amide bonds. The van der Waals surface area contributed by atoms with Gasteiger partial charge in [-0.1, -0.05) is 0 Å². The van der Waals surface area contributed by atoms with Crippen LogP contribution < -0.4 is 38.8 Å². The van der Waals surface area contributed by atoms with Crippen molar-refractivity contribution in [1.29, 1.82) is 0 Å². The van der Waals surface area contributed by atoms with E-state index in [9.17, 15) is 0 Å². The maximum atomic E-state index is 5.99. The maximum absolute atomic E-state index is 5.99. The van der Waals surface area contributed by atoms with Crippen LogP contribution in [-0.2, 0) is 0 Å². The second-order valence-electron chi connectivity index (χ2n) is 9.72. The summed E-state index contributed by atoms with van der Waals surface area (Å²) in [6.07, 6.45) is 1.83. The minimum absolute atomic E-state index is 0.497. The van der Waals surface area contributed by atoms with Gasteiger partial charge in [0.2, 0.25) is 11.7 Å². The van der Waals surface area contributed by atoms with Crippen LogP contribution in [-0.4, -0.2) is 75.7 Å². The Hall–Kier alpha value is -4.67. The predicted octanol–water partition coefficient (Wildman–Crippen LogP) is 5.23. The lowest BCUT2D eigenvalue weighted by atomic mass is 10.1. The maximum Gasteiger partial charge on any atom is 0.229 e. The Balaban J connectivity index is 1.38. The number of aryl methyl sites for hydroxylation is 1. The molecule has 0 saturated carbocycles. The Bertz CT molecular complexity index is 1520. The SMILES string of the molecule is CCOc1cc2nccc(N3CCN(c4cc(C)nc(Nc5cc(OC)cc(OC)c5)n4)CC3)c2c(OC)c1OCC. The Kier molecular flexibility index (Phi) is 8.85. The Morgan fingerprint density at radius 2 is 1.48 bits per heavy atom. The van der Waals surface area contributed by atoms with Crippen LogP contribution in [0.2, 0.25) is 0 Å². The average molecular weight is 575 g/mol. The molecule has 222 valence electrons. The summed E-state index contributed by atoms with van der Waals surface area (Å²) in [5, 5.41) is 4.22. The minimum atomic E-state index is 0.497. The van der Waals surface area contributed by atoms with Crippen LogP contribution in [0.1, 0.15) is 19.5 Å². The van der Waals surface area contributed by atoms with E-state index in [0.29, 0.717) is 47.9 Å². The van der Waals surface area contributed by atoms with Crippen LogP contribution in [0.25, 0.3) is 10.9 Å². The van der Waals surface area contributed by atoms with Gasteiger partial charge in [0.25, 0.3) is 0 Å². The van der Waals surface area contributed by atoms with E-state index in [1.807, 2.05) is 63.4 Å². The van der Waals surface area contributed by atoms with Crippen molar-refractivity contribution >= 4 is 34.0 Å². The molecule has 4 aromatic rings. The van der Waals surface area contributed by atoms with Gasteiger partial charge < -0.3 is 38.8 Å². The molecule has 1 saturated heterocycles. The molecular weight excluding hydrogens is 536 g/mol. The highest BCUT2D eigenvalue weighted by atomic mass is 16.5. The molecule has 3 heterocycles. The third-order valence-electron chi connectivity index (χ3n) is 7.07. The molecule has 0 atom stereocenters. The number of anilines is 4. The first-order chi connectivity index (χ1) is 20.5. The molecule has 0 spiro atoms. The minimum Gasteiger partial charge on any atom is -0.497 e. The molecule has 0 aliphatic carbocycles. The van der Waals surface area contributed by atoms with Crippen LogP contribution in [0.5, 0.6) is 28.7 Å². The predicted molar refractivity (Wildman–Crippen MR) is 165 cm³/mol. The number of fused-ring (bicyclic) bond motifs is 1. The van der Waals surface area contributed by atoms with Gasteiger partial charge in [0.15, 0.2) is 11.5 Å². The van der Waals surface area contributed by atoms with Crippen LogP contribution in [0.3, 0.4) is 0 Å². The number of hydrogen-bond acceptors (Lipinski definition) is 11. The fourth-order valence-corrected chi connectivity index (χ4v) is 5.18. The van der Waals surface area contributed by atoms with Crippen molar-refractivity contribution < 1.29 is 23.7 Å². The van der Waals surface area contributed by atoms with Crippen LogP contribution >= 0.6 is 0 Å². The number of piperazine rings is 1. The average Bonchev–Trinajstić information content (AvgIpc) is 3.00. The molecule has 1 aliphatic heterocycles. The molecule has 11 heteroatoms. The van der Waals surface area contributed by atoms with Crippen molar-refractivity contribution in [2.75, 3.05) is 75.8 Å².